The zero-order valence-corrected chi connectivity index (χ0v) is 9.73. The molecule has 0 unspecified atom stereocenters. The Morgan fingerprint density at radius 1 is 1.41 bits per heavy atom. The minimum atomic E-state index is -4.02. The lowest BCUT2D eigenvalue weighted by atomic mass is 10.3. The van der Waals surface area contributed by atoms with Crippen LogP contribution in [-0.2, 0) is 10.0 Å². The molecule has 17 heavy (non-hydrogen) atoms. The molecular weight excluding hydrogens is 250 g/mol. The van der Waals surface area contributed by atoms with Crippen molar-refractivity contribution >= 4 is 15.7 Å². The highest BCUT2D eigenvalue weighted by molar-refractivity contribution is 7.89. The molecule has 3 N–H and O–H groups in total. The van der Waals surface area contributed by atoms with Crippen LogP contribution in [0.1, 0.15) is 6.42 Å². The number of nitrogens with two attached hydrogens (primary N) is 1. The van der Waals surface area contributed by atoms with Gasteiger partial charge in [-0.05, 0) is 18.6 Å². The first-order valence-corrected chi connectivity index (χ1v) is 6.22. The second-order valence-electron chi connectivity index (χ2n) is 3.25. The molecule has 0 bridgehead atoms. The van der Waals surface area contributed by atoms with Gasteiger partial charge in [0.25, 0.3) is 0 Å². The Morgan fingerprint density at radius 3 is 2.65 bits per heavy atom. The fourth-order valence-corrected chi connectivity index (χ4v) is 2.27. The van der Waals surface area contributed by atoms with Gasteiger partial charge in [-0.1, -0.05) is 6.08 Å². The van der Waals surface area contributed by atoms with Crippen molar-refractivity contribution in [3.63, 3.8) is 0 Å². The maximum atomic E-state index is 13.5. The number of anilines is 1. The zero-order valence-electron chi connectivity index (χ0n) is 8.91. The Morgan fingerprint density at radius 2 is 2.06 bits per heavy atom. The van der Waals surface area contributed by atoms with Crippen molar-refractivity contribution in [2.75, 3.05) is 12.3 Å². The molecule has 1 rings (SSSR count). The molecule has 94 valence electrons. The van der Waals surface area contributed by atoms with E-state index in [1.54, 1.807) is 0 Å². The summed E-state index contributed by atoms with van der Waals surface area (Å²) in [5.41, 5.74) is 4.27. The molecule has 0 fully saturated rings. The lowest BCUT2D eigenvalue weighted by molar-refractivity contribution is 0.548. The molecule has 1 aromatic rings. The molecule has 0 aromatic heterocycles. The molecule has 0 radical (unpaired) electrons. The van der Waals surface area contributed by atoms with E-state index >= 15 is 0 Å². The van der Waals surface area contributed by atoms with Crippen molar-refractivity contribution in [1.29, 1.82) is 0 Å². The molecule has 0 spiro atoms. The first kappa shape index (κ1) is 13.6. The number of hydrogen-bond donors (Lipinski definition) is 2. The molecular formula is C10H12F2N2O2S. The van der Waals surface area contributed by atoms with E-state index in [-0.39, 0.29) is 6.54 Å². The van der Waals surface area contributed by atoms with Gasteiger partial charge in [-0.3, -0.25) is 0 Å². The first-order valence-electron chi connectivity index (χ1n) is 4.74. The Bertz CT molecular complexity index is 529. The summed E-state index contributed by atoms with van der Waals surface area (Å²) in [6, 6.07) is 1.64. The summed E-state index contributed by atoms with van der Waals surface area (Å²) in [4.78, 5) is -0.666. The van der Waals surface area contributed by atoms with Crippen molar-refractivity contribution in [3.8, 4) is 0 Å². The van der Waals surface area contributed by atoms with Gasteiger partial charge in [0.1, 0.15) is 16.4 Å². The van der Waals surface area contributed by atoms with Gasteiger partial charge in [0.05, 0.1) is 0 Å². The van der Waals surface area contributed by atoms with Gasteiger partial charge >= 0.3 is 0 Å². The highest BCUT2D eigenvalue weighted by Crippen LogP contribution is 2.22. The summed E-state index contributed by atoms with van der Waals surface area (Å²) in [6.07, 6.45) is 1.91. The molecule has 0 aliphatic carbocycles. The van der Waals surface area contributed by atoms with Crippen LogP contribution in [0.25, 0.3) is 0 Å². The largest absolute Gasteiger partial charge is 0.394 e. The Balaban J connectivity index is 3.07. The fourth-order valence-electron chi connectivity index (χ4n) is 1.13. The standard InChI is InChI=1S/C10H12F2N2O2S/c1-2-3-6-14-17(15,16)8-5-4-7(11)10(13)9(8)12/h2,4-5,14H,1,3,6,13H2. The summed E-state index contributed by atoms with van der Waals surface area (Å²) in [7, 11) is -4.02. The molecule has 0 aliphatic heterocycles. The van der Waals surface area contributed by atoms with Crippen LogP contribution < -0.4 is 10.5 Å². The van der Waals surface area contributed by atoms with Crippen LogP contribution in [0, 0.1) is 11.6 Å². The monoisotopic (exact) mass is 262 g/mol. The second kappa shape index (κ2) is 5.24. The summed E-state index contributed by atoms with van der Waals surface area (Å²) >= 11 is 0. The lowest BCUT2D eigenvalue weighted by Crippen LogP contribution is -2.25. The van der Waals surface area contributed by atoms with Gasteiger partial charge in [0, 0.05) is 6.54 Å². The minimum absolute atomic E-state index is 0.0859. The zero-order chi connectivity index (χ0) is 13.1. The molecule has 0 saturated heterocycles. The normalized spacial score (nSPS) is 11.4. The van der Waals surface area contributed by atoms with E-state index < -0.39 is 32.2 Å². The van der Waals surface area contributed by atoms with E-state index in [9.17, 15) is 17.2 Å². The van der Waals surface area contributed by atoms with E-state index in [2.05, 4.69) is 11.3 Å². The molecule has 1 aromatic carbocycles. The quantitative estimate of drug-likeness (QED) is 0.478. The van der Waals surface area contributed by atoms with E-state index in [0.29, 0.717) is 6.42 Å². The van der Waals surface area contributed by atoms with Gasteiger partial charge in [-0.25, -0.2) is 21.9 Å². The van der Waals surface area contributed by atoms with Crippen molar-refractivity contribution in [3.05, 3.63) is 36.4 Å². The third-order valence-electron chi connectivity index (χ3n) is 2.02. The van der Waals surface area contributed by atoms with Gasteiger partial charge in [-0.2, -0.15) is 0 Å². The van der Waals surface area contributed by atoms with Gasteiger partial charge in [-0.15, -0.1) is 6.58 Å². The summed E-state index contributed by atoms with van der Waals surface area (Å²) in [6.45, 7) is 3.50. The Hall–Kier alpha value is -1.47. The van der Waals surface area contributed by atoms with E-state index in [0.717, 1.165) is 12.1 Å². The summed E-state index contributed by atoms with van der Waals surface area (Å²) in [5.74, 6) is -2.27. The highest BCUT2D eigenvalue weighted by Gasteiger charge is 2.21. The average molecular weight is 262 g/mol. The average Bonchev–Trinajstić information content (AvgIpc) is 2.26. The van der Waals surface area contributed by atoms with Gasteiger partial charge in [0.2, 0.25) is 10.0 Å². The highest BCUT2D eigenvalue weighted by atomic mass is 32.2. The number of sulfonamides is 1. The smallest absolute Gasteiger partial charge is 0.243 e. The predicted molar refractivity (Wildman–Crippen MR) is 60.8 cm³/mol. The number of benzene rings is 1. The SMILES string of the molecule is C=CCCNS(=O)(=O)c1ccc(F)c(N)c1F. The van der Waals surface area contributed by atoms with E-state index in [4.69, 9.17) is 5.73 Å². The number of nitrogens with one attached hydrogen (secondary N) is 1. The Kier molecular flexibility index (Phi) is 4.19. The number of rotatable bonds is 5. The van der Waals surface area contributed by atoms with Crippen molar-refractivity contribution in [2.24, 2.45) is 0 Å². The summed E-state index contributed by atoms with van der Waals surface area (Å²) in [5, 5.41) is 0. The lowest BCUT2D eigenvalue weighted by Gasteiger charge is -2.08. The van der Waals surface area contributed by atoms with E-state index in [1.165, 1.54) is 6.08 Å². The summed E-state index contributed by atoms with van der Waals surface area (Å²) < 4.78 is 51.7. The second-order valence-corrected chi connectivity index (χ2v) is 4.98. The molecule has 0 atom stereocenters. The number of halogens is 2. The first-order chi connectivity index (χ1) is 7.90. The maximum absolute atomic E-state index is 13.5. The van der Waals surface area contributed by atoms with Gasteiger partial charge in [0.15, 0.2) is 5.82 Å². The number of hydrogen-bond acceptors (Lipinski definition) is 3. The van der Waals surface area contributed by atoms with E-state index in [1.807, 2.05) is 0 Å². The fraction of sp³-hybridized carbons (Fsp3) is 0.200. The van der Waals surface area contributed by atoms with Gasteiger partial charge < -0.3 is 5.73 Å². The van der Waals surface area contributed by atoms with Crippen LogP contribution >= 0.6 is 0 Å². The molecule has 0 amide bonds. The van der Waals surface area contributed by atoms with Crippen LogP contribution in [-0.4, -0.2) is 15.0 Å². The molecule has 0 saturated carbocycles. The third-order valence-corrected chi connectivity index (χ3v) is 3.50. The van der Waals surface area contributed by atoms with Crippen LogP contribution in [0.15, 0.2) is 29.7 Å². The van der Waals surface area contributed by atoms with Crippen molar-refractivity contribution < 1.29 is 17.2 Å². The van der Waals surface area contributed by atoms with Crippen molar-refractivity contribution in [1.82, 2.24) is 4.72 Å². The molecule has 4 nitrogen and oxygen atoms in total. The molecule has 0 aliphatic rings. The minimum Gasteiger partial charge on any atom is -0.394 e. The number of nitrogen functional groups attached to an aromatic ring is 1. The molecule has 0 heterocycles. The van der Waals surface area contributed by atoms with Crippen LogP contribution in [0.2, 0.25) is 0 Å². The van der Waals surface area contributed by atoms with Crippen LogP contribution in [0.4, 0.5) is 14.5 Å². The topological polar surface area (TPSA) is 72.2 Å². The van der Waals surface area contributed by atoms with Crippen LogP contribution in [0.3, 0.4) is 0 Å². The third kappa shape index (κ3) is 3.01. The van der Waals surface area contributed by atoms with Crippen LogP contribution in [0.5, 0.6) is 0 Å². The maximum Gasteiger partial charge on any atom is 0.243 e. The predicted octanol–water partition coefficient (Wildman–Crippen LogP) is 1.40. The Labute approximate surface area is 98.2 Å². The molecule has 7 heteroatoms. The van der Waals surface area contributed by atoms with Crippen molar-refractivity contribution in [2.45, 2.75) is 11.3 Å².